The third-order valence-corrected chi connectivity index (χ3v) is 10.8. The van der Waals surface area contributed by atoms with Crippen molar-refractivity contribution in [2.45, 2.75) is 84.1 Å². The Morgan fingerprint density at radius 1 is 0.800 bits per heavy atom. The number of hydrogen-bond acceptors (Lipinski definition) is 5. The summed E-state index contributed by atoms with van der Waals surface area (Å²) >= 11 is 0. The first-order chi connectivity index (χ1) is 24.2. The average Bonchev–Trinajstić information content (AvgIpc) is 3.13. The van der Waals surface area contributed by atoms with Gasteiger partial charge in [-0.05, 0) is 80.3 Å². The molecule has 2 aliphatic heterocycles. The highest BCUT2D eigenvalue weighted by Crippen LogP contribution is 2.36. The molecule has 2 heterocycles. The summed E-state index contributed by atoms with van der Waals surface area (Å²) in [4.78, 5) is 59.0. The summed E-state index contributed by atoms with van der Waals surface area (Å²) in [6, 6.07) is 23.5. The van der Waals surface area contributed by atoms with Crippen LogP contribution in [0.2, 0.25) is 0 Å². The summed E-state index contributed by atoms with van der Waals surface area (Å²) in [5, 5.41) is 8.44. The van der Waals surface area contributed by atoms with E-state index in [4.69, 9.17) is 5.73 Å². The van der Waals surface area contributed by atoms with Gasteiger partial charge in [-0.2, -0.15) is 0 Å². The normalized spacial score (nSPS) is 19.5. The third kappa shape index (κ3) is 9.10. The largest absolute Gasteiger partial charge is 0.356 e. The Bertz CT molecular complexity index is 1620. The minimum Gasteiger partial charge on any atom is -0.356 e. The van der Waals surface area contributed by atoms with Gasteiger partial charge in [0, 0.05) is 51.0 Å². The number of carbonyl (C=O) groups is 4. The quantitative estimate of drug-likeness (QED) is 0.207. The molecule has 50 heavy (non-hydrogen) atoms. The van der Waals surface area contributed by atoms with Crippen molar-refractivity contribution in [2.75, 3.05) is 39.3 Å². The van der Waals surface area contributed by atoms with Crippen molar-refractivity contribution in [2.24, 2.45) is 16.6 Å². The molecule has 0 radical (unpaired) electrons. The van der Waals surface area contributed by atoms with Gasteiger partial charge >= 0.3 is 0 Å². The summed E-state index contributed by atoms with van der Waals surface area (Å²) in [5.74, 6) is -0.237. The molecule has 0 saturated carbocycles. The molecule has 0 spiro atoms. The SMILES string of the molecule is CCNC(=O)[C@]1(Cc2ccccc2)CCCN(C(=O)[C@@H](Cc2ccc3ccccc3c2)NC(=O)C2(C)CCN(C(=O)CCCCCN)CC2)C1. The van der Waals surface area contributed by atoms with Gasteiger partial charge in [-0.3, -0.25) is 19.2 Å². The van der Waals surface area contributed by atoms with Crippen LogP contribution in [0.15, 0.2) is 72.8 Å². The van der Waals surface area contributed by atoms with E-state index in [-0.39, 0.29) is 30.2 Å². The van der Waals surface area contributed by atoms with E-state index in [0.29, 0.717) is 77.7 Å². The minimum absolute atomic E-state index is 0.0373. The Labute approximate surface area is 297 Å². The lowest BCUT2D eigenvalue weighted by molar-refractivity contribution is -0.146. The van der Waals surface area contributed by atoms with Crippen LogP contribution in [-0.2, 0) is 32.0 Å². The highest BCUT2D eigenvalue weighted by atomic mass is 16.2. The molecule has 2 fully saturated rings. The number of fused-ring (bicyclic) bond motifs is 1. The molecule has 2 saturated heterocycles. The molecule has 2 atom stereocenters. The highest BCUT2D eigenvalue weighted by molar-refractivity contribution is 5.92. The maximum Gasteiger partial charge on any atom is 0.245 e. The molecule has 268 valence electrons. The second-order valence-corrected chi connectivity index (χ2v) is 14.6. The number of likely N-dealkylation sites (tertiary alicyclic amines) is 2. The van der Waals surface area contributed by atoms with Crippen LogP contribution in [0.25, 0.3) is 10.8 Å². The molecular weight excluding hydrogens is 626 g/mol. The van der Waals surface area contributed by atoms with Gasteiger partial charge in [0.05, 0.1) is 5.41 Å². The van der Waals surface area contributed by atoms with Crippen LogP contribution in [0.5, 0.6) is 0 Å². The van der Waals surface area contributed by atoms with Gasteiger partial charge < -0.3 is 26.2 Å². The number of nitrogens with zero attached hydrogens (tertiary/aromatic N) is 2. The van der Waals surface area contributed by atoms with Gasteiger partial charge in [0.2, 0.25) is 23.6 Å². The number of rotatable bonds is 14. The molecule has 3 aromatic carbocycles. The Kier molecular flexibility index (Phi) is 12.7. The van der Waals surface area contributed by atoms with Crippen LogP contribution < -0.4 is 16.4 Å². The second-order valence-electron chi connectivity index (χ2n) is 14.6. The number of amides is 4. The van der Waals surface area contributed by atoms with Crippen molar-refractivity contribution in [3.63, 3.8) is 0 Å². The van der Waals surface area contributed by atoms with Gasteiger partial charge in [0.1, 0.15) is 6.04 Å². The lowest BCUT2D eigenvalue weighted by Gasteiger charge is -2.43. The molecule has 2 aliphatic rings. The Hall–Kier alpha value is -4.24. The predicted molar refractivity (Wildman–Crippen MR) is 198 cm³/mol. The lowest BCUT2D eigenvalue weighted by atomic mass is 9.74. The number of piperidine rings is 2. The Balaban J connectivity index is 1.35. The van der Waals surface area contributed by atoms with Crippen molar-refractivity contribution < 1.29 is 19.2 Å². The van der Waals surface area contributed by atoms with Crippen LogP contribution in [0, 0.1) is 10.8 Å². The van der Waals surface area contributed by atoms with Crippen molar-refractivity contribution in [1.82, 2.24) is 20.4 Å². The Morgan fingerprint density at radius 2 is 1.52 bits per heavy atom. The molecular formula is C41H55N5O4. The Morgan fingerprint density at radius 3 is 2.24 bits per heavy atom. The molecule has 9 heteroatoms. The standard InChI is InChI=1S/C41H55N5O4/c1-3-43-39(50)41(29-31-13-6-4-7-14-31)20-12-24-46(30-41)37(48)35(28-32-18-19-33-15-9-10-16-34(33)27-32)44-38(49)40(2)21-25-45(26-22-40)36(47)17-8-5-11-23-42/h4,6-7,9-10,13-16,18-19,27,35H,3,5,8,11-12,17,20-26,28-30,42H2,1-2H3,(H,43,50)(H,44,49)/t35-,41+/m1/s1. The van der Waals surface area contributed by atoms with E-state index in [1.165, 1.54) is 0 Å². The number of unbranched alkanes of at least 4 members (excludes halogenated alkanes) is 2. The number of nitrogens with two attached hydrogens (primary N) is 1. The molecule has 4 amide bonds. The van der Waals surface area contributed by atoms with E-state index in [0.717, 1.165) is 41.2 Å². The highest BCUT2D eigenvalue weighted by Gasteiger charge is 2.45. The first-order valence-electron chi connectivity index (χ1n) is 18.5. The maximum atomic E-state index is 14.6. The van der Waals surface area contributed by atoms with Crippen molar-refractivity contribution >= 4 is 34.4 Å². The zero-order valence-corrected chi connectivity index (χ0v) is 29.9. The van der Waals surface area contributed by atoms with Gasteiger partial charge in [0.15, 0.2) is 0 Å². The van der Waals surface area contributed by atoms with Gasteiger partial charge in [-0.25, -0.2) is 0 Å². The van der Waals surface area contributed by atoms with E-state index >= 15 is 0 Å². The van der Waals surface area contributed by atoms with Gasteiger partial charge in [0.25, 0.3) is 0 Å². The molecule has 4 N–H and O–H groups in total. The summed E-state index contributed by atoms with van der Waals surface area (Å²) in [6.07, 6.45) is 6.50. The summed E-state index contributed by atoms with van der Waals surface area (Å²) in [5.41, 5.74) is 6.14. The molecule has 9 nitrogen and oxygen atoms in total. The fraction of sp³-hybridized carbons (Fsp3) is 0.512. The van der Waals surface area contributed by atoms with Gasteiger partial charge in [-0.1, -0.05) is 86.1 Å². The monoisotopic (exact) mass is 681 g/mol. The number of nitrogens with one attached hydrogen (secondary N) is 2. The lowest BCUT2D eigenvalue weighted by Crippen LogP contribution is -2.59. The summed E-state index contributed by atoms with van der Waals surface area (Å²) in [7, 11) is 0. The molecule has 3 aromatic rings. The van der Waals surface area contributed by atoms with Crippen LogP contribution in [0.3, 0.4) is 0 Å². The van der Waals surface area contributed by atoms with Crippen LogP contribution in [0.4, 0.5) is 0 Å². The van der Waals surface area contributed by atoms with E-state index in [9.17, 15) is 19.2 Å². The maximum absolute atomic E-state index is 14.6. The smallest absolute Gasteiger partial charge is 0.245 e. The number of hydrogen-bond donors (Lipinski definition) is 3. The molecule has 0 aliphatic carbocycles. The molecule has 0 bridgehead atoms. The van der Waals surface area contributed by atoms with Crippen molar-refractivity contribution in [1.29, 1.82) is 0 Å². The predicted octanol–water partition coefficient (Wildman–Crippen LogP) is 5.00. The molecule has 5 rings (SSSR count). The molecule has 0 unspecified atom stereocenters. The second kappa shape index (κ2) is 17.1. The topological polar surface area (TPSA) is 125 Å². The zero-order chi connectivity index (χ0) is 35.6. The first kappa shape index (κ1) is 37.0. The fourth-order valence-corrected chi connectivity index (χ4v) is 7.65. The van der Waals surface area contributed by atoms with E-state index < -0.39 is 16.9 Å². The van der Waals surface area contributed by atoms with E-state index in [2.05, 4.69) is 34.9 Å². The van der Waals surface area contributed by atoms with Crippen LogP contribution in [-0.4, -0.2) is 78.7 Å². The third-order valence-electron chi connectivity index (χ3n) is 10.8. The zero-order valence-electron chi connectivity index (χ0n) is 29.9. The van der Waals surface area contributed by atoms with Gasteiger partial charge in [-0.15, -0.1) is 0 Å². The average molecular weight is 682 g/mol. The van der Waals surface area contributed by atoms with Crippen LogP contribution in [0.1, 0.15) is 76.3 Å². The van der Waals surface area contributed by atoms with Crippen LogP contribution >= 0.6 is 0 Å². The first-order valence-corrected chi connectivity index (χ1v) is 18.5. The summed E-state index contributed by atoms with van der Waals surface area (Å²) in [6.45, 7) is 6.86. The number of carbonyl (C=O) groups excluding carboxylic acids is 4. The van der Waals surface area contributed by atoms with Crippen molar-refractivity contribution in [3.8, 4) is 0 Å². The van der Waals surface area contributed by atoms with E-state index in [1.807, 2.05) is 72.2 Å². The molecule has 0 aromatic heterocycles. The van der Waals surface area contributed by atoms with E-state index in [1.54, 1.807) is 0 Å². The van der Waals surface area contributed by atoms with Crippen molar-refractivity contribution in [3.05, 3.63) is 83.9 Å². The number of benzene rings is 3. The summed E-state index contributed by atoms with van der Waals surface area (Å²) < 4.78 is 0. The minimum atomic E-state index is -0.801. The fourth-order valence-electron chi connectivity index (χ4n) is 7.65.